The third-order valence-corrected chi connectivity index (χ3v) is 3.10. The van der Waals surface area contributed by atoms with E-state index in [-0.39, 0.29) is 29.7 Å². The van der Waals surface area contributed by atoms with Crippen molar-refractivity contribution < 1.29 is 0 Å². The summed E-state index contributed by atoms with van der Waals surface area (Å²) in [6, 6.07) is 29.3. The summed E-state index contributed by atoms with van der Waals surface area (Å²) in [5.74, 6) is 0. The Kier molecular flexibility index (Phi) is 15.8. The van der Waals surface area contributed by atoms with Crippen LogP contribution in [0.3, 0.4) is 0 Å². The van der Waals surface area contributed by atoms with Gasteiger partial charge in [-0.05, 0) is 25.0 Å². The van der Waals surface area contributed by atoms with Crippen LogP contribution in [0.1, 0.15) is 40.8 Å². The van der Waals surface area contributed by atoms with Crippen molar-refractivity contribution in [1.29, 1.82) is 0 Å². The Balaban J connectivity index is -0.000000354. The molecule has 0 saturated heterocycles. The van der Waals surface area contributed by atoms with Gasteiger partial charge in [0.05, 0.1) is 0 Å². The van der Waals surface area contributed by atoms with Crippen molar-refractivity contribution in [2.75, 3.05) is 0 Å². The van der Waals surface area contributed by atoms with E-state index in [1.54, 1.807) is 0 Å². The smallest absolute Gasteiger partial charge is 0.0184 e. The van der Waals surface area contributed by atoms with Crippen molar-refractivity contribution >= 4 is 0 Å². The molecule has 0 atom stereocenters. The summed E-state index contributed by atoms with van der Waals surface area (Å²) in [7, 11) is 0. The molecule has 0 heterocycles. The van der Waals surface area contributed by atoms with E-state index in [9.17, 15) is 0 Å². The van der Waals surface area contributed by atoms with Crippen molar-refractivity contribution in [1.82, 2.24) is 0 Å². The van der Waals surface area contributed by atoms with Crippen molar-refractivity contribution in [3.63, 3.8) is 0 Å². The Hall–Kier alpha value is -2.34. The minimum absolute atomic E-state index is 0. The summed E-state index contributed by atoms with van der Waals surface area (Å²) in [6.45, 7) is 4.19. The van der Waals surface area contributed by atoms with Crippen LogP contribution in [0.25, 0.3) is 11.1 Å². The highest BCUT2D eigenvalue weighted by atomic mass is 14.0. The van der Waals surface area contributed by atoms with Gasteiger partial charge in [0.2, 0.25) is 0 Å². The first-order chi connectivity index (χ1) is 9.75. The van der Waals surface area contributed by atoms with Crippen LogP contribution in [-0.4, -0.2) is 0 Å². The topological polar surface area (TPSA) is 0 Å². The van der Waals surface area contributed by atoms with Crippen LogP contribution in [0.4, 0.5) is 0 Å². The molecular formula is C24H36. The molecule has 0 radical (unpaired) electrons. The quantitative estimate of drug-likeness (QED) is 0.423. The van der Waals surface area contributed by atoms with Gasteiger partial charge in [-0.3, -0.25) is 0 Å². The van der Waals surface area contributed by atoms with Crippen LogP contribution < -0.4 is 0 Å². The molecule has 0 aliphatic carbocycles. The lowest BCUT2D eigenvalue weighted by atomic mass is 10.0. The molecule has 0 fully saturated rings. The summed E-state index contributed by atoms with van der Waals surface area (Å²) in [5.41, 5.74) is 5.19. The highest BCUT2D eigenvalue weighted by Gasteiger charge is 1.93. The van der Waals surface area contributed by atoms with Crippen LogP contribution in [0, 0.1) is 13.8 Å². The summed E-state index contributed by atoms with van der Waals surface area (Å²) >= 11 is 0. The molecule has 24 heavy (non-hydrogen) atoms. The molecular weight excluding hydrogens is 288 g/mol. The maximum Gasteiger partial charge on any atom is -0.0184 e. The first kappa shape index (κ1) is 26.6. The summed E-state index contributed by atoms with van der Waals surface area (Å²) < 4.78 is 0. The molecule has 3 aromatic rings. The minimum atomic E-state index is 0. The minimum Gasteiger partial charge on any atom is -0.0776 e. The fourth-order valence-corrected chi connectivity index (χ4v) is 1.91. The number of rotatable bonds is 1. The average Bonchev–Trinajstić information content (AvgIpc) is 2.50. The first-order valence-corrected chi connectivity index (χ1v) is 6.89. The molecule has 0 unspecified atom stereocenters. The van der Waals surface area contributed by atoms with E-state index in [2.05, 4.69) is 74.5 Å². The molecule has 0 spiro atoms. The van der Waals surface area contributed by atoms with Crippen LogP contribution >= 0.6 is 0 Å². The molecule has 0 saturated carbocycles. The normalized spacial score (nSPS) is 7.92. The van der Waals surface area contributed by atoms with E-state index < -0.39 is 0 Å². The number of aryl methyl sites for hydroxylation is 2. The van der Waals surface area contributed by atoms with E-state index in [0.717, 1.165) is 0 Å². The number of hydrogen-bond acceptors (Lipinski definition) is 0. The molecule has 0 aliphatic heterocycles. The molecule has 0 N–H and O–H groups in total. The van der Waals surface area contributed by atoms with Gasteiger partial charge in [0.15, 0.2) is 0 Å². The van der Waals surface area contributed by atoms with Gasteiger partial charge in [-0.25, -0.2) is 0 Å². The number of benzene rings is 3. The summed E-state index contributed by atoms with van der Waals surface area (Å²) in [6.07, 6.45) is 0. The second-order valence-corrected chi connectivity index (χ2v) is 4.89. The molecule has 3 aromatic carbocycles. The van der Waals surface area contributed by atoms with Crippen LogP contribution in [0.5, 0.6) is 0 Å². The molecule has 0 nitrogen and oxygen atoms in total. The molecule has 0 aromatic heterocycles. The van der Waals surface area contributed by atoms with E-state index in [0.29, 0.717) is 0 Å². The molecule has 0 amide bonds. The SMILES string of the molecule is C.C.C.C.Cc1ccc(-c2ccccc2)cc1.Cc1ccccc1. The Morgan fingerprint density at radius 2 is 0.708 bits per heavy atom. The zero-order chi connectivity index (χ0) is 14.2. The van der Waals surface area contributed by atoms with E-state index >= 15 is 0 Å². The maximum atomic E-state index is 2.16. The second-order valence-electron chi connectivity index (χ2n) is 4.89. The average molecular weight is 325 g/mol. The third-order valence-electron chi connectivity index (χ3n) is 3.10. The van der Waals surface area contributed by atoms with E-state index in [1.807, 2.05) is 24.3 Å². The van der Waals surface area contributed by atoms with Crippen molar-refractivity contribution in [3.8, 4) is 11.1 Å². The van der Waals surface area contributed by atoms with Crippen molar-refractivity contribution in [2.24, 2.45) is 0 Å². The lowest BCUT2D eigenvalue weighted by Crippen LogP contribution is -1.76. The molecule has 132 valence electrons. The fourth-order valence-electron chi connectivity index (χ4n) is 1.91. The predicted molar refractivity (Wildman–Crippen MR) is 115 cm³/mol. The summed E-state index contributed by atoms with van der Waals surface area (Å²) in [4.78, 5) is 0. The molecule has 0 heteroatoms. The highest BCUT2D eigenvalue weighted by Crippen LogP contribution is 2.18. The van der Waals surface area contributed by atoms with Gasteiger partial charge in [0.1, 0.15) is 0 Å². The zero-order valence-electron chi connectivity index (χ0n) is 12.1. The Morgan fingerprint density at radius 1 is 0.375 bits per heavy atom. The maximum absolute atomic E-state index is 2.16. The monoisotopic (exact) mass is 324 g/mol. The third kappa shape index (κ3) is 8.95. The van der Waals surface area contributed by atoms with Gasteiger partial charge in [0.25, 0.3) is 0 Å². The Labute approximate surface area is 151 Å². The van der Waals surface area contributed by atoms with Crippen molar-refractivity contribution in [2.45, 2.75) is 43.6 Å². The highest BCUT2D eigenvalue weighted by molar-refractivity contribution is 5.63. The lowest BCUT2D eigenvalue weighted by molar-refractivity contribution is 1.47. The zero-order valence-corrected chi connectivity index (χ0v) is 12.1. The van der Waals surface area contributed by atoms with Gasteiger partial charge >= 0.3 is 0 Å². The lowest BCUT2D eigenvalue weighted by Gasteiger charge is -2.00. The van der Waals surface area contributed by atoms with Gasteiger partial charge in [-0.15, -0.1) is 0 Å². The number of hydrogen-bond donors (Lipinski definition) is 0. The van der Waals surface area contributed by atoms with E-state index in [1.165, 1.54) is 22.3 Å². The van der Waals surface area contributed by atoms with Gasteiger partial charge in [-0.1, -0.05) is 126 Å². The standard InChI is InChI=1S/C13H12.C7H8.4CH4/c1-11-7-9-13(10-8-11)12-5-3-2-4-6-12;1-7-5-3-2-4-6-7;;;;/h2-10H,1H3;2-6H,1H3;4*1H4. The van der Waals surface area contributed by atoms with Crippen molar-refractivity contribution in [3.05, 3.63) is 96.1 Å². The van der Waals surface area contributed by atoms with Crippen LogP contribution in [-0.2, 0) is 0 Å². The largest absolute Gasteiger partial charge is 0.0776 e. The Bertz CT molecular complexity index is 607. The Morgan fingerprint density at radius 3 is 1.08 bits per heavy atom. The molecule has 3 rings (SSSR count). The second kappa shape index (κ2) is 14.3. The van der Waals surface area contributed by atoms with Crippen LogP contribution in [0.15, 0.2) is 84.9 Å². The first-order valence-electron chi connectivity index (χ1n) is 6.89. The molecule has 0 aliphatic rings. The van der Waals surface area contributed by atoms with Gasteiger partial charge in [0, 0.05) is 0 Å². The molecule has 0 bridgehead atoms. The predicted octanol–water partition coefficient (Wildman–Crippen LogP) is 8.20. The van der Waals surface area contributed by atoms with Gasteiger partial charge < -0.3 is 0 Å². The van der Waals surface area contributed by atoms with Gasteiger partial charge in [-0.2, -0.15) is 0 Å². The van der Waals surface area contributed by atoms with Crippen LogP contribution in [0.2, 0.25) is 0 Å². The van der Waals surface area contributed by atoms with E-state index in [4.69, 9.17) is 0 Å². The summed E-state index contributed by atoms with van der Waals surface area (Å²) in [5, 5.41) is 0. The fraction of sp³-hybridized carbons (Fsp3) is 0.250.